The number of nitriles is 1. The molecule has 0 aliphatic carbocycles. The van der Waals surface area contributed by atoms with Crippen molar-refractivity contribution in [3.8, 4) is 6.07 Å². The van der Waals surface area contributed by atoms with Crippen molar-refractivity contribution in [3.63, 3.8) is 0 Å². The van der Waals surface area contributed by atoms with E-state index in [1.165, 1.54) is 0 Å². The average Bonchev–Trinajstić information content (AvgIpc) is 2.50. The van der Waals surface area contributed by atoms with Crippen LogP contribution in [0.4, 0.5) is 5.82 Å². The van der Waals surface area contributed by atoms with Crippen LogP contribution in [0.2, 0.25) is 0 Å². The maximum absolute atomic E-state index is 9.07. The molecule has 0 saturated carbocycles. The van der Waals surface area contributed by atoms with Crippen molar-refractivity contribution in [1.29, 1.82) is 5.26 Å². The fraction of sp³-hybridized carbons (Fsp3) is 0.583. The molecule has 1 fully saturated rings. The summed E-state index contributed by atoms with van der Waals surface area (Å²) < 4.78 is 0. The van der Waals surface area contributed by atoms with Crippen molar-refractivity contribution in [2.24, 2.45) is 0 Å². The van der Waals surface area contributed by atoms with Crippen LogP contribution < -0.4 is 4.90 Å². The zero-order chi connectivity index (χ0) is 12.3. The molecule has 5 heteroatoms. The molecule has 1 saturated heterocycles. The van der Waals surface area contributed by atoms with Crippen LogP contribution in [0.1, 0.15) is 19.0 Å². The number of likely N-dealkylation sites (N-methyl/N-ethyl adjacent to an activating group) is 1. The summed E-state index contributed by atoms with van der Waals surface area (Å²) in [5.74, 6) is 0.720. The molecule has 1 aromatic rings. The van der Waals surface area contributed by atoms with Gasteiger partial charge in [-0.3, -0.25) is 0 Å². The van der Waals surface area contributed by atoms with Crippen molar-refractivity contribution in [2.45, 2.75) is 19.4 Å². The van der Waals surface area contributed by atoms with E-state index in [-0.39, 0.29) is 0 Å². The maximum Gasteiger partial charge on any atom is 0.183 e. The highest BCUT2D eigenvalue weighted by molar-refractivity contribution is 5.50. The number of anilines is 1. The first-order chi connectivity index (χ1) is 8.22. The number of rotatable bonds is 1. The lowest BCUT2D eigenvalue weighted by molar-refractivity contribution is 0.337. The first-order valence-electron chi connectivity index (χ1n) is 5.88. The molecule has 90 valence electrons. The minimum absolute atomic E-state index is 0.353. The van der Waals surface area contributed by atoms with Crippen LogP contribution in [0, 0.1) is 11.3 Å². The molecule has 0 radical (unpaired) electrons. The van der Waals surface area contributed by atoms with Crippen LogP contribution in [0.15, 0.2) is 12.4 Å². The van der Waals surface area contributed by atoms with Crippen molar-refractivity contribution in [3.05, 3.63) is 18.1 Å². The third-order valence-corrected chi connectivity index (χ3v) is 3.10. The molecule has 1 aromatic heterocycles. The monoisotopic (exact) mass is 231 g/mol. The first kappa shape index (κ1) is 11.8. The molecule has 0 amide bonds. The van der Waals surface area contributed by atoms with Crippen LogP contribution in [-0.2, 0) is 0 Å². The molecule has 0 bridgehead atoms. The molecule has 0 N–H and O–H groups in total. The summed E-state index contributed by atoms with van der Waals surface area (Å²) in [6.45, 7) is 5.17. The fourth-order valence-electron chi connectivity index (χ4n) is 2.31. The quantitative estimate of drug-likeness (QED) is 0.718. The summed E-state index contributed by atoms with van der Waals surface area (Å²) >= 11 is 0. The Hall–Kier alpha value is -1.67. The Bertz CT molecular complexity index is 425. The Balaban J connectivity index is 2.29. The third-order valence-electron chi connectivity index (χ3n) is 3.10. The van der Waals surface area contributed by atoms with Gasteiger partial charge >= 0.3 is 0 Å². The normalized spacial score (nSPS) is 21.9. The second-order valence-electron chi connectivity index (χ2n) is 4.50. The molecule has 1 atom stereocenters. The molecule has 5 nitrogen and oxygen atoms in total. The molecule has 1 unspecified atom stereocenters. The molecule has 17 heavy (non-hydrogen) atoms. The average molecular weight is 231 g/mol. The van der Waals surface area contributed by atoms with Crippen molar-refractivity contribution >= 4 is 5.82 Å². The standard InChI is InChI=1S/C12H17N5/c1-10-9-16(2)6-3-7-17(10)12-11(8-13)14-4-5-15-12/h4-5,10H,3,6-7,9H2,1-2H3. The van der Waals surface area contributed by atoms with Gasteiger partial charge in [-0.05, 0) is 26.9 Å². The van der Waals surface area contributed by atoms with Gasteiger partial charge in [0.05, 0.1) is 0 Å². The van der Waals surface area contributed by atoms with Gasteiger partial charge in [-0.25, -0.2) is 9.97 Å². The Morgan fingerprint density at radius 3 is 2.88 bits per heavy atom. The lowest BCUT2D eigenvalue weighted by Gasteiger charge is -2.29. The van der Waals surface area contributed by atoms with Gasteiger partial charge in [-0.2, -0.15) is 5.26 Å². The minimum atomic E-state index is 0.353. The van der Waals surface area contributed by atoms with Gasteiger partial charge in [0.15, 0.2) is 11.5 Å². The zero-order valence-corrected chi connectivity index (χ0v) is 10.3. The van der Waals surface area contributed by atoms with Gasteiger partial charge in [0, 0.05) is 31.5 Å². The molecule has 2 rings (SSSR count). The topological polar surface area (TPSA) is 56.1 Å². The number of hydrogen-bond donors (Lipinski definition) is 0. The van der Waals surface area contributed by atoms with Crippen LogP contribution in [-0.4, -0.2) is 47.6 Å². The van der Waals surface area contributed by atoms with E-state index in [1.54, 1.807) is 12.4 Å². The van der Waals surface area contributed by atoms with Gasteiger partial charge in [-0.1, -0.05) is 0 Å². The smallest absolute Gasteiger partial charge is 0.183 e. The molecular formula is C12H17N5. The Labute approximate surface area is 102 Å². The molecule has 1 aliphatic heterocycles. The summed E-state index contributed by atoms with van der Waals surface area (Å²) in [5.41, 5.74) is 0.420. The summed E-state index contributed by atoms with van der Waals surface area (Å²) in [6.07, 6.45) is 4.30. The summed E-state index contributed by atoms with van der Waals surface area (Å²) in [7, 11) is 2.13. The maximum atomic E-state index is 9.07. The zero-order valence-electron chi connectivity index (χ0n) is 10.3. The summed E-state index contributed by atoms with van der Waals surface area (Å²) in [5, 5.41) is 9.07. The van der Waals surface area contributed by atoms with Crippen molar-refractivity contribution < 1.29 is 0 Å². The van der Waals surface area contributed by atoms with E-state index in [0.717, 1.165) is 31.9 Å². The second kappa shape index (κ2) is 5.11. The van der Waals surface area contributed by atoms with E-state index in [4.69, 9.17) is 5.26 Å². The van der Waals surface area contributed by atoms with Gasteiger partial charge in [0.25, 0.3) is 0 Å². The van der Waals surface area contributed by atoms with Crippen molar-refractivity contribution in [2.75, 3.05) is 31.6 Å². The first-order valence-corrected chi connectivity index (χ1v) is 5.88. The van der Waals surface area contributed by atoms with Gasteiger partial charge in [-0.15, -0.1) is 0 Å². The Morgan fingerprint density at radius 2 is 2.12 bits per heavy atom. The number of aromatic nitrogens is 2. The predicted molar refractivity (Wildman–Crippen MR) is 65.7 cm³/mol. The van der Waals surface area contributed by atoms with E-state index in [9.17, 15) is 0 Å². The van der Waals surface area contributed by atoms with Crippen LogP contribution >= 0.6 is 0 Å². The second-order valence-corrected chi connectivity index (χ2v) is 4.50. The van der Waals surface area contributed by atoms with Gasteiger partial charge in [0.1, 0.15) is 6.07 Å². The van der Waals surface area contributed by atoms with E-state index >= 15 is 0 Å². The van der Waals surface area contributed by atoms with E-state index < -0.39 is 0 Å². The summed E-state index contributed by atoms with van der Waals surface area (Å²) in [4.78, 5) is 12.9. The molecular weight excluding hydrogens is 214 g/mol. The highest BCUT2D eigenvalue weighted by Crippen LogP contribution is 2.19. The van der Waals surface area contributed by atoms with Gasteiger partial charge < -0.3 is 9.80 Å². The van der Waals surface area contributed by atoms with E-state index in [0.29, 0.717) is 11.7 Å². The third kappa shape index (κ3) is 2.53. The molecule has 0 spiro atoms. The SMILES string of the molecule is CC1CN(C)CCCN1c1nccnc1C#N. The fourth-order valence-corrected chi connectivity index (χ4v) is 2.31. The van der Waals surface area contributed by atoms with Gasteiger partial charge in [0.2, 0.25) is 0 Å². The largest absolute Gasteiger partial charge is 0.350 e. The predicted octanol–water partition coefficient (Wildman–Crippen LogP) is 0.879. The highest BCUT2D eigenvalue weighted by Gasteiger charge is 2.23. The Kier molecular flexibility index (Phi) is 3.55. The summed E-state index contributed by atoms with van der Waals surface area (Å²) in [6, 6.07) is 2.47. The van der Waals surface area contributed by atoms with Crippen LogP contribution in [0.25, 0.3) is 0 Å². The number of hydrogen-bond acceptors (Lipinski definition) is 5. The highest BCUT2D eigenvalue weighted by atomic mass is 15.3. The Morgan fingerprint density at radius 1 is 1.35 bits per heavy atom. The lowest BCUT2D eigenvalue weighted by atomic mass is 10.2. The molecule has 0 aromatic carbocycles. The minimum Gasteiger partial charge on any atom is -0.350 e. The van der Waals surface area contributed by atoms with Crippen molar-refractivity contribution in [1.82, 2.24) is 14.9 Å². The van der Waals surface area contributed by atoms with Crippen LogP contribution in [0.5, 0.6) is 0 Å². The van der Waals surface area contributed by atoms with E-state index in [2.05, 4.69) is 39.8 Å². The molecule has 1 aliphatic rings. The lowest BCUT2D eigenvalue weighted by Crippen LogP contribution is -2.39. The van der Waals surface area contributed by atoms with E-state index in [1.807, 2.05) is 0 Å². The molecule has 2 heterocycles. The number of nitrogens with zero attached hydrogens (tertiary/aromatic N) is 5. The van der Waals surface area contributed by atoms with Crippen LogP contribution in [0.3, 0.4) is 0 Å².